The standard InChI is InChI=1S/C16H9F4NO/c17-13-14(10-6-8-12(9-7-10)16(18,19)20)21-22-15(13)11-4-2-1-3-5-11/h1-9H. The van der Waals surface area contributed by atoms with Gasteiger partial charge in [0.05, 0.1) is 5.56 Å². The van der Waals surface area contributed by atoms with Gasteiger partial charge in [-0.15, -0.1) is 0 Å². The molecule has 112 valence electrons. The number of nitrogens with zero attached hydrogens (tertiary/aromatic N) is 1. The smallest absolute Gasteiger partial charge is 0.352 e. The molecule has 6 heteroatoms. The van der Waals surface area contributed by atoms with Crippen molar-refractivity contribution in [3.05, 3.63) is 66.0 Å². The van der Waals surface area contributed by atoms with Crippen molar-refractivity contribution in [1.29, 1.82) is 0 Å². The van der Waals surface area contributed by atoms with Crippen molar-refractivity contribution in [2.75, 3.05) is 0 Å². The zero-order valence-corrected chi connectivity index (χ0v) is 11.1. The van der Waals surface area contributed by atoms with E-state index < -0.39 is 17.6 Å². The molecule has 0 atom stereocenters. The van der Waals surface area contributed by atoms with Gasteiger partial charge in [-0.3, -0.25) is 0 Å². The molecule has 0 amide bonds. The molecule has 0 aliphatic heterocycles. The summed E-state index contributed by atoms with van der Waals surface area (Å²) in [4.78, 5) is 0. The highest BCUT2D eigenvalue weighted by Gasteiger charge is 2.30. The van der Waals surface area contributed by atoms with Crippen LogP contribution >= 0.6 is 0 Å². The lowest BCUT2D eigenvalue weighted by Gasteiger charge is -2.06. The lowest BCUT2D eigenvalue weighted by Crippen LogP contribution is -2.04. The average molecular weight is 307 g/mol. The van der Waals surface area contributed by atoms with Crippen LogP contribution in [0.15, 0.2) is 59.1 Å². The Hall–Kier alpha value is -2.63. The van der Waals surface area contributed by atoms with Gasteiger partial charge in [0, 0.05) is 11.1 Å². The fourth-order valence-electron chi connectivity index (χ4n) is 2.04. The second-order valence-corrected chi connectivity index (χ2v) is 4.62. The Kier molecular flexibility index (Phi) is 3.44. The molecule has 0 saturated heterocycles. The van der Waals surface area contributed by atoms with Crippen LogP contribution in [0.4, 0.5) is 17.6 Å². The Balaban J connectivity index is 1.98. The summed E-state index contributed by atoms with van der Waals surface area (Å²) >= 11 is 0. The molecule has 0 aliphatic rings. The van der Waals surface area contributed by atoms with E-state index in [4.69, 9.17) is 4.52 Å². The van der Waals surface area contributed by atoms with E-state index in [0.717, 1.165) is 12.1 Å². The summed E-state index contributed by atoms with van der Waals surface area (Å²) in [6, 6.07) is 12.6. The van der Waals surface area contributed by atoms with Gasteiger partial charge >= 0.3 is 6.18 Å². The number of rotatable bonds is 2. The zero-order chi connectivity index (χ0) is 15.7. The van der Waals surface area contributed by atoms with Crippen LogP contribution in [0.25, 0.3) is 22.6 Å². The Morgan fingerprint density at radius 2 is 1.45 bits per heavy atom. The van der Waals surface area contributed by atoms with Gasteiger partial charge < -0.3 is 4.52 Å². The molecule has 0 saturated carbocycles. The molecular formula is C16H9F4NO. The normalized spacial score (nSPS) is 11.6. The van der Waals surface area contributed by atoms with Crippen molar-refractivity contribution in [3.8, 4) is 22.6 Å². The van der Waals surface area contributed by atoms with Gasteiger partial charge in [0.2, 0.25) is 5.76 Å². The first-order valence-electron chi connectivity index (χ1n) is 6.35. The molecule has 1 heterocycles. The topological polar surface area (TPSA) is 26.0 Å². The predicted molar refractivity (Wildman–Crippen MR) is 72.3 cm³/mol. The molecule has 0 radical (unpaired) electrons. The summed E-state index contributed by atoms with van der Waals surface area (Å²) in [7, 11) is 0. The number of benzene rings is 2. The maximum Gasteiger partial charge on any atom is 0.416 e. The van der Waals surface area contributed by atoms with Crippen LogP contribution in [-0.4, -0.2) is 5.16 Å². The zero-order valence-electron chi connectivity index (χ0n) is 11.1. The summed E-state index contributed by atoms with van der Waals surface area (Å²) < 4.78 is 56.9. The Labute approximate surface area is 123 Å². The summed E-state index contributed by atoms with van der Waals surface area (Å²) in [6.45, 7) is 0. The molecule has 2 aromatic carbocycles. The van der Waals surface area contributed by atoms with Gasteiger partial charge in [-0.2, -0.15) is 13.2 Å². The third-order valence-electron chi connectivity index (χ3n) is 3.16. The maximum atomic E-state index is 14.4. The van der Waals surface area contributed by atoms with Crippen molar-refractivity contribution in [2.45, 2.75) is 6.18 Å². The molecule has 0 N–H and O–H groups in total. The number of hydrogen-bond donors (Lipinski definition) is 0. The van der Waals surface area contributed by atoms with Gasteiger partial charge in [-0.25, -0.2) is 4.39 Å². The van der Waals surface area contributed by atoms with Crippen molar-refractivity contribution >= 4 is 0 Å². The van der Waals surface area contributed by atoms with Gasteiger partial charge in [-0.1, -0.05) is 47.6 Å². The van der Waals surface area contributed by atoms with Gasteiger partial charge in [0.1, 0.15) is 5.69 Å². The minimum absolute atomic E-state index is 0.0458. The van der Waals surface area contributed by atoms with E-state index in [9.17, 15) is 17.6 Å². The molecule has 0 spiro atoms. The van der Waals surface area contributed by atoms with E-state index >= 15 is 0 Å². The van der Waals surface area contributed by atoms with Crippen LogP contribution in [0, 0.1) is 5.82 Å². The van der Waals surface area contributed by atoms with Crippen LogP contribution in [0.2, 0.25) is 0 Å². The van der Waals surface area contributed by atoms with E-state index in [-0.39, 0.29) is 17.0 Å². The molecule has 0 unspecified atom stereocenters. The first-order valence-corrected chi connectivity index (χ1v) is 6.35. The Morgan fingerprint density at radius 3 is 2.05 bits per heavy atom. The molecular weight excluding hydrogens is 298 g/mol. The fraction of sp³-hybridized carbons (Fsp3) is 0.0625. The van der Waals surface area contributed by atoms with Crippen LogP contribution in [0.1, 0.15) is 5.56 Å². The second kappa shape index (κ2) is 5.29. The summed E-state index contributed by atoms with van der Waals surface area (Å²) in [6.07, 6.45) is -4.43. The minimum atomic E-state index is -4.43. The van der Waals surface area contributed by atoms with E-state index in [1.165, 1.54) is 12.1 Å². The molecule has 3 rings (SSSR count). The monoisotopic (exact) mass is 307 g/mol. The van der Waals surface area contributed by atoms with Gasteiger partial charge in [-0.05, 0) is 12.1 Å². The van der Waals surface area contributed by atoms with Crippen LogP contribution in [0.3, 0.4) is 0 Å². The number of hydrogen-bond acceptors (Lipinski definition) is 2. The highest BCUT2D eigenvalue weighted by molar-refractivity contribution is 5.68. The highest BCUT2D eigenvalue weighted by atomic mass is 19.4. The van der Waals surface area contributed by atoms with Crippen LogP contribution in [-0.2, 0) is 6.18 Å². The first-order chi connectivity index (χ1) is 10.5. The number of aromatic nitrogens is 1. The van der Waals surface area contributed by atoms with Crippen molar-refractivity contribution < 1.29 is 22.1 Å². The van der Waals surface area contributed by atoms with Crippen LogP contribution < -0.4 is 0 Å². The van der Waals surface area contributed by atoms with E-state index in [1.54, 1.807) is 30.3 Å². The number of alkyl halides is 3. The van der Waals surface area contributed by atoms with Crippen molar-refractivity contribution in [3.63, 3.8) is 0 Å². The van der Waals surface area contributed by atoms with Gasteiger partial charge in [0.15, 0.2) is 5.82 Å². The minimum Gasteiger partial charge on any atom is -0.352 e. The SMILES string of the molecule is Fc1c(-c2ccc(C(F)(F)F)cc2)noc1-c1ccccc1. The van der Waals surface area contributed by atoms with Crippen molar-refractivity contribution in [2.24, 2.45) is 0 Å². The lowest BCUT2D eigenvalue weighted by atomic mass is 10.1. The van der Waals surface area contributed by atoms with E-state index in [0.29, 0.717) is 5.56 Å². The van der Waals surface area contributed by atoms with Crippen LogP contribution in [0.5, 0.6) is 0 Å². The third kappa shape index (κ3) is 2.59. The quantitative estimate of drug-likeness (QED) is 0.611. The maximum absolute atomic E-state index is 14.4. The average Bonchev–Trinajstić information content (AvgIpc) is 2.89. The first kappa shape index (κ1) is 14.3. The predicted octanol–water partition coefficient (Wildman–Crippen LogP) is 5.17. The third-order valence-corrected chi connectivity index (χ3v) is 3.16. The van der Waals surface area contributed by atoms with Crippen molar-refractivity contribution in [1.82, 2.24) is 5.16 Å². The van der Waals surface area contributed by atoms with E-state index in [1.807, 2.05) is 0 Å². The molecule has 3 aromatic rings. The second-order valence-electron chi connectivity index (χ2n) is 4.62. The largest absolute Gasteiger partial charge is 0.416 e. The summed E-state index contributed by atoms with van der Waals surface area (Å²) in [5, 5.41) is 3.62. The molecule has 2 nitrogen and oxygen atoms in total. The molecule has 1 aromatic heterocycles. The Morgan fingerprint density at radius 1 is 0.818 bits per heavy atom. The molecule has 22 heavy (non-hydrogen) atoms. The number of halogens is 4. The molecule has 0 bridgehead atoms. The Bertz CT molecular complexity index is 776. The van der Waals surface area contributed by atoms with E-state index in [2.05, 4.69) is 5.16 Å². The fourth-order valence-corrected chi connectivity index (χ4v) is 2.04. The summed E-state index contributed by atoms with van der Waals surface area (Å²) in [5.41, 5.74) is -0.196. The molecule has 0 aliphatic carbocycles. The van der Waals surface area contributed by atoms with Gasteiger partial charge in [0.25, 0.3) is 0 Å². The highest BCUT2D eigenvalue weighted by Crippen LogP contribution is 2.33. The summed E-state index contributed by atoms with van der Waals surface area (Å²) in [5.74, 6) is -0.749. The molecule has 0 fully saturated rings. The lowest BCUT2D eigenvalue weighted by molar-refractivity contribution is -0.137.